The Morgan fingerprint density at radius 3 is 2.29 bits per heavy atom. The summed E-state index contributed by atoms with van der Waals surface area (Å²) < 4.78 is 72.7. The lowest BCUT2D eigenvalue weighted by molar-refractivity contribution is -0.137. The van der Waals surface area contributed by atoms with Gasteiger partial charge in [-0.2, -0.15) is 13.2 Å². The van der Waals surface area contributed by atoms with Crippen molar-refractivity contribution in [3.63, 3.8) is 0 Å². The number of benzene rings is 3. The number of hydrogen-bond donors (Lipinski definition) is 1. The Morgan fingerprint density at radius 1 is 0.943 bits per heavy atom. The summed E-state index contributed by atoms with van der Waals surface area (Å²) in [5, 5.41) is 2.55. The van der Waals surface area contributed by atoms with E-state index in [9.17, 15) is 26.4 Å². The van der Waals surface area contributed by atoms with Gasteiger partial charge in [-0.1, -0.05) is 35.9 Å². The second-order valence-electron chi connectivity index (χ2n) is 7.89. The molecule has 0 aliphatic heterocycles. The average Bonchev–Trinajstić information content (AvgIpc) is 2.80. The maximum atomic E-state index is 13.3. The zero-order valence-corrected chi connectivity index (χ0v) is 20.0. The Bertz CT molecular complexity index is 1280. The van der Waals surface area contributed by atoms with E-state index in [2.05, 4.69) is 5.32 Å². The highest BCUT2D eigenvalue weighted by Crippen LogP contribution is 2.33. The van der Waals surface area contributed by atoms with E-state index in [0.29, 0.717) is 16.1 Å². The van der Waals surface area contributed by atoms with Crippen molar-refractivity contribution in [2.24, 2.45) is 0 Å². The largest absolute Gasteiger partial charge is 0.492 e. The zero-order chi connectivity index (χ0) is 25.6. The predicted octanol–water partition coefficient (Wildman–Crippen LogP) is 4.71. The number of amides is 1. The molecule has 6 nitrogen and oxygen atoms in total. The standard InChI is InChI=1S/C25H25F3N2O4S/c1-18-9-11-23(12-10-18)35(32,33)30(21-7-4-6-20(16-21)25(26,27)28)17-24(31)29-13-14-34-22-8-3-5-19(2)15-22/h3-12,15-16H,13-14,17H2,1-2H3,(H,29,31). The van der Waals surface area contributed by atoms with Gasteiger partial charge in [0.2, 0.25) is 5.91 Å². The number of anilines is 1. The highest BCUT2D eigenvalue weighted by Gasteiger charge is 2.33. The van der Waals surface area contributed by atoms with Gasteiger partial charge in [-0.25, -0.2) is 8.42 Å². The van der Waals surface area contributed by atoms with Crippen molar-refractivity contribution in [1.82, 2.24) is 5.32 Å². The minimum Gasteiger partial charge on any atom is -0.492 e. The zero-order valence-electron chi connectivity index (χ0n) is 19.2. The lowest BCUT2D eigenvalue weighted by Crippen LogP contribution is -2.42. The maximum absolute atomic E-state index is 13.3. The number of hydrogen-bond acceptors (Lipinski definition) is 4. The second-order valence-corrected chi connectivity index (χ2v) is 9.75. The minimum absolute atomic E-state index is 0.0772. The molecule has 1 N–H and O–H groups in total. The molecule has 0 bridgehead atoms. The number of ether oxygens (including phenoxy) is 1. The van der Waals surface area contributed by atoms with Gasteiger partial charge in [-0.15, -0.1) is 0 Å². The maximum Gasteiger partial charge on any atom is 0.416 e. The van der Waals surface area contributed by atoms with Crippen LogP contribution < -0.4 is 14.4 Å². The molecule has 35 heavy (non-hydrogen) atoms. The Labute approximate surface area is 202 Å². The van der Waals surface area contributed by atoms with Crippen LogP contribution in [0, 0.1) is 13.8 Å². The van der Waals surface area contributed by atoms with Gasteiger partial charge in [0, 0.05) is 0 Å². The number of rotatable bonds is 9. The van der Waals surface area contributed by atoms with Crippen LogP contribution in [0.4, 0.5) is 18.9 Å². The number of carbonyl (C=O) groups is 1. The van der Waals surface area contributed by atoms with Gasteiger partial charge in [-0.05, 0) is 61.9 Å². The fraction of sp³-hybridized carbons (Fsp3) is 0.240. The molecule has 186 valence electrons. The summed E-state index contributed by atoms with van der Waals surface area (Å²) in [6.07, 6.45) is -4.68. The van der Waals surface area contributed by atoms with Crippen molar-refractivity contribution in [2.75, 3.05) is 24.0 Å². The van der Waals surface area contributed by atoms with Crippen LogP contribution in [0.2, 0.25) is 0 Å². The van der Waals surface area contributed by atoms with Crippen molar-refractivity contribution in [2.45, 2.75) is 24.9 Å². The van der Waals surface area contributed by atoms with Gasteiger partial charge in [0.15, 0.2) is 0 Å². The lowest BCUT2D eigenvalue weighted by atomic mass is 10.2. The summed E-state index contributed by atoms with van der Waals surface area (Å²) in [6, 6.07) is 17.0. The van der Waals surface area contributed by atoms with E-state index in [4.69, 9.17) is 4.74 Å². The summed E-state index contributed by atoms with van der Waals surface area (Å²) >= 11 is 0. The molecule has 0 aliphatic rings. The summed E-state index contributed by atoms with van der Waals surface area (Å²) in [5.41, 5.74) is 0.517. The number of aryl methyl sites for hydroxylation is 2. The van der Waals surface area contributed by atoms with Crippen LogP contribution in [0.1, 0.15) is 16.7 Å². The van der Waals surface area contributed by atoms with Crippen LogP contribution in [-0.4, -0.2) is 34.0 Å². The quantitative estimate of drug-likeness (QED) is 0.427. The van der Waals surface area contributed by atoms with Crippen LogP contribution in [-0.2, 0) is 21.0 Å². The molecular formula is C25H25F3N2O4S. The molecule has 3 rings (SSSR count). The van der Waals surface area contributed by atoms with Gasteiger partial charge < -0.3 is 10.1 Å². The molecule has 3 aromatic carbocycles. The van der Waals surface area contributed by atoms with Crippen LogP contribution in [0.3, 0.4) is 0 Å². The summed E-state index contributed by atoms with van der Waals surface area (Å²) in [5.74, 6) is -0.0715. The second kappa shape index (κ2) is 10.8. The van der Waals surface area contributed by atoms with Crippen molar-refractivity contribution >= 4 is 21.6 Å². The molecule has 0 aromatic heterocycles. The van der Waals surface area contributed by atoms with Crippen molar-refractivity contribution in [3.05, 3.63) is 89.5 Å². The molecule has 0 saturated carbocycles. The SMILES string of the molecule is Cc1ccc(S(=O)(=O)N(CC(=O)NCCOc2cccc(C)c2)c2cccc(C(F)(F)F)c2)cc1. The molecule has 0 spiro atoms. The van der Waals surface area contributed by atoms with Crippen LogP contribution in [0.25, 0.3) is 0 Å². The Hall–Kier alpha value is -3.53. The van der Waals surface area contributed by atoms with E-state index in [-0.39, 0.29) is 23.7 Å². The van der Waals surface area contributed by atoms with Gasteiger partial charge in [-0.3, -0.25) is 9.10 Å². The van der Waals surface area contributed by atoms with E-state index < -0.39 is 34.2 Å². The monoisotopic (exact) mass is 506 g/mol. The number of sulfonamides is 1. The predicted molar refractivity (Wildman–Crippen MR) is 127 cm³/mol. The molecule has 0 fully saturated rings. The number of halogens is 3. The molecule has 0 radical (unpaired) electrons. The third-order valence-electron chi connectivity index (χ3n) is 5.04. The Kier molecular flexibility index (Phi) is 8.06. The van der Waals surface area contributed by atoms with Crippen LogP contribution in [0.5, 0.6) is 5.75 Å². The topological polar surface area (TPSA) is 75.7 Å². The molecule has 0 unspecified atom stereocenters. The van der Waals surface area contributed by atoms with Crippen molar-refractivity contribution < 1.29 is 31.1 Å². The molecular weight excluding hydrogens is 481 g/mol. The number of carbonyl (C=O) groups excluding carboxylic acids is 1. The molecule has 0 saturated heterocycles. The van der Waals surface area contributed by atoms with Gasteiger partial charge in [0.05, 0.1) is 22.7 Å². The first-order valence-corrected chi connectivity index (χ1v) is 12.1. The normalized spacial score (nSPS) is 11.7. The fourth-order valence-corrected chi connectivity index (χ4v) is 4.65. The Balaban J connectivity index is 1.79. The highest BCUT2D eigenvalue weighted by molar-refractivity contribution is 7.92. The van der Waals surface area contributed by atoms with E-state index in [1.54, 1.807) is 25.1 Å². The van der Waals surface area contributed by atoms with E-state index in [1.165, 1.54) is 18.2 Å². The highest BCUT2D eigenvalue weighted by atomic mass is 32.2. The number of nitrogens with one attached hydrogen (secondary N) is 1. The fourth-order valence-electron chi connectivity index (χ4n) is 3.24. The van der Waals surface area contributed by atoms with Crippen LogP contribution >= 0.6 is 0 Å². The molecule has 0 heterocycles. The van der Waals surface area contributed by atoms with Gasteiger partial charge >= 0.3 is 6.18 Å². The smallest absolute Gasteiger partial charge is 0.416 e. The summed E-state index contributed by atoms with van der Waals surface area (Å²) in [6.45, 7) is 3.18. The molecule has 0 atom stereocenters. The van der Waals surface area contributed by atoms with Gasteiger partial charge in [0.1, 0.15) is 18.9 Å². The van der Waals surface area contributed by atoms with Crippen molar-refractivity contribution in [3.8, 4) is 5.75 Å². The Morgan fingerprint density at radius 2 is 1.63 bits per heavy atom. The average molecular weight is 507 g/mol. The molecule has 0 aliphatic carbocycles. The molecule has 3 aromatic rings. The van der Waals surface area contributed by atoms with Crippen molar-refractivity contribution in [1.29, 1.82) is 0 Å². The van der Waals surface area contributed by atoms with Gasteiger partial charge in [0.25, 0.3) is 10.0 Å². The minimum atomic E-state index is -4.68. The molecule has 1 amide bonds. The number of nitrogens with zero attached hydrogens (tertiary/aromatic N) is 1. The third-order valence-corrected chi connectivity index (χ3v) is 6.83. The lowest BCUT2D eigenvalue weighted by Gasteiger charge is -2.25. The molecule has 10 heteroatoms. The first kappa shape index (κ1) is 26.1. The van der Waals surface area contributed by atoms with E-state index >= 15 is 0 Å². The first-order chi connectivity index (χ1) is 16.5. The van der Waals surface area contributed by atoms with Crippen LogP contribution in [0.15, 0.2) is 77.7 Å². The first-order valence-electron chi connectivity index (χ1n) is 10.7. The number of alkyl halides is 3. The van der Waals surface area contributed by atoms with E-state index in [0.717, 1.165) is 23.3 Å². The summed E-state index contributed by atoms with van der Waals surface area (Å²) in [4.78, 5) is 12.5. The van der Waals surface area contributed by atoms with E-state index in [1.807, 2.05) is 25.1 Å². The summed E-state index contributed by atoms with van der Waals surface area (Å²) in [7, 11) is -4.33. The third kappa shape index (κ3) is 6.98.